The van der Waals surface area contributed by atoms with Gasteiger partial charge in [-0.2, -0.15) is 5.10 Å². The molecule has 0 atom stereocenters. The summed E-state index contributed by atoms with van der Waals surface area (Å²) in [6.07, 6.45) is 1.54. The van der Waals surface area contributed by atoms with Gasteiger partial charge in [-0.15, -0.1) is 0 Å². The number of benzene rings is 1. The van der Waals surface area contributed by atoms with Crippen LogP contribution in [0.5, 0.6) is 0 Å². The number of nitrogens with one attached hydrogen (secondary N) is 1. The molecule has 0 bridgehead atoms. The van der Waals surface area contributed by atoms with Crippen molar-refractivity contribution in [3.63, 3.8) is 0 Å². The molecule has 0 saturated heterocycles. The van der Waals surface area contributed by atoms with Gasteiger partial charge in [0.2, 0.25) is 0 Å². The van der Waals surface area contributed by atoms with Crippen LogP contribution in [0.1, 0.15) is 13.8 Å². The predicted octanol–water partition coefficient (Wildman–Crippen LogP) is 1.94. The van der Waals surface area contributed by atoms with Crippen molar-refractivity contribution in [1.29, 1.82) is 0 Å². The number of hydrogen-bond donors (Lipinski definition) is 2. The second-order valence-electron chi connectivity index (χ2n) is 5.57. The molecule has 0 aliphatic heterocycles. The summed E-state index contributed by atoms with van der Waals surface area (Å²) in [5.41, 5.74) is 6.97. The Balaban J connectivity index is 2.14. The molecule has 3 N–H and O–H groups in total. The first-order valence-electron chi connectivity index (χ1n) is 6.93. The first-order chi connectivity index (χ1) is 10.5. The largest absolute Gasteiger partial charge is 0.329 e. The van der Waals surface area contributed by atoms with Crippen LogP contribution in [-0.4, -0.2) is 31.0 Å². The topological polar surface area (TPSA) is 89.6 Å². The summed E-state index contributed by atoms with van der Waals surface area (Å²) in [6.45, 7) is 4.50. The maximum absolute atomic E-state index is 12.2. The SMILES string of the molecule is CC(C)(CN)Sc1nc2c(cnn2-c2ccccc2)c(=O)[nH]1. The average molecular weight is 315 g/mol. The van der Waals surface area contributed by atoms with Crippen molar-refractivity contribution in [1.82, 2.24) is 19.7 Å². The molecule has 6 nitrogen and oxygen atoms in total. The average Bonchev–Trinajstić information content (AvgIpc) is 2.92. The van der Waals surface area contributed by atoms with Crippen molar-refractivity contribution in [2.24, 2.45) is 5.73 Å². The van der Waals surface area contributed by atoms with Crippen LogP contribution in [0, 0.1) is 0 Å². The first kappa shape index (κ1) is 14.8. The van der Waals surface area contributed by atoms with Crippen molar-refractivity contribution >= 4 is 22.8 Å². The molecule has 0 radical (unpaired) electrons. The highest BCUT2D eigenvalue weighted by atomic mass is 32.2. The van der Waals surface area contributed by atoms with E-state index in [0.29, 0.717) is 22.7 Å². The molecule has 0 aliphatic rings. The van der Waals surface area contributed by atoms with E-state index in [2.05, 4.69) is 15.1 Å². The van der Waals surface area contributed by atoms with E-state index >= 15 is 0 Å². The van der Waals surface area contributed by atoms with E-state index in [1.165, 1.54) is 18.0 Å². The highest BCUT2D eigenvalue weighted by Gasteiger charge is 2.20. The standard InChI is InChI=1S/C15H17N5OS/c1-15(2,9-16)22-14-18-12-11(13(21)19-14)8-17-20(12)10-6-4-3-5-7-10/h3-8H,9,16H2,1-2H3,(H,18,19,21). The molecule has 0 spiro atoms. The molecule has 0 fully saturated rings. The Bertz CT molecular complexity index is 853. The molecule has 0 aliphatic carbocycles. The lowest BCUT2D eigenvalue weighted by atomic mass is 10.2. The zero-order chi connectivity index (χ0) is 15.7. The molecule has 0 amide bonds. The van der Waals surface area contributed by atoms with Gasteiger partial charge in [0.15, 0.2) is 10.8 Å². The van der Waals surface area contributed by atoms with Gasteiger partial charge in [0.05, 0.1) is 11.9 Å². The normalized spacial score (nSPS) is 12.0. The van der Waals surface area contributed by atoms with Gasteiger partial charge < -0.3 is 10.7 Å². The predicted molar refractivity (Wildman–Crippen MR) is 88.5 cm³/mol. The van der Waals surface area contributed by atoms with E-state index < -0.39 is 0 Å². The lowest BCUT2D eigenvalue weighted by Gasteiger charge is -2.20. The Morgan fingerprint density at radius 3 is 2.73 bits per heavy atom. The second kappa shape index (κ2) is 5.58. The fourth-order valence-corrected chi connectivity index (χ4v) is 2.89. The van der Waals surface area contributed by atoms with Crippen LogP contribution in [0.2, 0.25) is 0 Å². The van der Waals surface area contributed by atoms with Crippen molar-refractivity contribution in [3.8, 4) is 5.69 Å². The molecular formula is C15H17N5OS. The molecule has 2 heterocycles. The summed E-state index contributed by atoms with van der Waals surface area (Å²) >= 11 is 1.45. The molecule has 0 saturated carbocycles. The summed E-state index contributed by atoms with van der Waals surface area (Å²) < 4.78 is 1.46. The van der Waals surface area contributed by atoms with Crippen molar-refractivity contribution in [3.05, 3.63) is 46.9 Å². The van der Waals surface area contributed by atoms with E-state index in [0.717, 1.165) is 5.69 Å². The van der Waals surface area contributed by atoms with Crippen molar-refractivity contribution in [2.75, 3.05) is 6.54 Å². The molecule has 3 rings (SSSR count). The van der Waals surface area contributed by atoms with Crippen LogP contribution in [0.15, 0.2) is 46.5 Å². The van der Waals surface area contributed by atoms with E-state index in [9.17, 15) is 4.79 Å². The third kappa shape index (κ3) is 2.77. The number of fused-ring (bicyclic) bond motifs is 1. The lowest BCUT2D eigenvalue weighted by molar-refractivity contribution is 0.717. The van der Waals surface area contributed by atoms with Crippen LogP contribution in [-0.2, 0) is 0 Å². The van der Waals surface area contributed by atoms with Gasteiger partial charge in [0.25, 0.3) is 5.56 Å². The minimum Gasteiger partial charge on any atom is -0.329 e. The molecule has 1 aromatic carbocycles. The molecular weight excluding hydrogens is 298 g/mol. The highest BCUT2D eigenvalue weighted by molar-refractivity contribution is 8.00. The Morgan fingerprint density at radius 1 is 1.32 bits per heavy atom. The second-order valence-corrected chi connectivity index (χ2v) is 7.26. The third-order valence-electron chi connectivity index (χ3n) is 3.28. The number of aromatic amines is 1. The summed E-state index contributed by atoms with van der Waals surface area (Å²) in [6, 6.07) is 9.62. The van der Waals surface area contributed by atoms with E-state index in [1.807, 2.05) is 44.2 Å². The van der Waals surface area contributed by atoms with Gasteiger partial charge in [0.1, 0.15) is 5.39 Å². The van der Waals surface area contributed by atoms with E-state index in [-0.39, 0.29) is 10.3 Å². The minimum absolute atomic E-state index is 0.192. The van der Waals surface area contributed by atoms with Crippen LogP contribution in [0.3, 0.4) is 0 Å². The van der Waals surface area contributed by atoms with E-state index in [1.54, 1.807) is 4.68 Å². The highest BCUT2D eigenvalue weighted by Crippen LogP contribution is 2.29. The molecule has 7 heteroatoms. The number of rotatable bonds is 4. The number of nitrogens with two attached hydrogens (primary N) is 1. The first-order valence-corrected chi connectivity index (χ1v) is 7.74. The number of para-hydroxylation sites is 1. The Kier molecular flexibility index (Phi) is 3.76. The monoisotopic (exact) mass is 315 g/mol. The number of H-pyrrole nitrogens is 1. The lowest BCUT2D eigenvalue weighted by Crippen LogP contribution is -2.27. The van der Waals surface area contributed by atoms with Gasteiger partial charge in [-0.1, -0.05) is 30.0 Å². The third-order valence-corrected chi connectivity index (χ3v) is 4.39. The number of hydrogen-bond acceptors (Lipinski definition) is 5. The van der Waals surface area contributed by atoms with Gasteiger partial charge in [-0.25, -0.2) is 9.67 Å². The zero-order valence-corrected chi connectivity index (χ0v) is 13.2. The molecule has 2 aromatic heterocycles. The Labute approximate surface area is 131 Å². The maximum Gasteiger partial charge on any atom is 0.262 e. The minimum atomic E-state index is -0.207. The summed E-state index contributed by atoms with van der Waals surface area (Å²) in [4.78, 5) is 19.6. The van der Waals surface area contributed by atoms with Crippen molar-refractivity contribution < 1.29 is 0 Å². The Morgan fingerprint density at radius 2 is 2.05 bits per heavy atom. The van der Waals surface area contributed by atoms with Gasteiger partial charge in [0, 0.05) is 11.3 Å². The smallest absolute Gasteiger partial charge is 0.262 e. The quantitative estimate of drug-likeness (QED) is 0.567. The van der Waals surface area contributed by atoms with Gasteiger partial charge in [-0.3, -0.25) is 4.79 Å². The maximum atomic E-state index is 12.2. The van der Waals surface area contributed by atoms with Crippen molar-refractivity contribution in [2.45, 2.75) is 23.8 Å². The number of nitrogens with zero attached hydrogens (tertiary/aromatic N) is 3. The molecule has 114 valence electrons. The zero-order valence-electron chi connectivity index (χ0n) is 12.4. The molecule has 0 unspecified atom stereocenters. The van der Waals surface area contributed by atoms with Crippen LogP contribution >= 0.6 is 11.8 Å². The summed E-state index contributed by atoms with van der Waals surface area (Å²) in [5, 5.41) is 5.30. The van der Waals surface area contributed by atoms with Gasteiger partial charge >= 0.3 is 0 Å². The molecule has 3 aromatic rings. The molecule has 22 heavy (non-hydrogen) atoms. The fourth-order valence-electron chi connectivity index (χ4n) is 2.01. The van der Waals surface area contributed by atoms with Crippen LogP contribution < -0.4 is 11.3 Å². The summed E-state index contributed by atoms with van der Waals surface area (Å²) in [7, 11) is 0. The van der Waals surface area contributed by atoms with Gasteiger partial charge in [-0.05, 0) is 26.0 Å². The number of thioether (sulfide) groups is 1. The number of aromatic nitrogens is 4. The summed E-state index contributed by atoms with van der Waals surface area (Å²) in [5.74, 6) is 0. The van der Waals surface area contributed by atoms with E-state index in [4.69, 9.17) is 5.73 Å². The Hall–Kier alpha value is -2.12. The van der Waals surface area contributed by atoms with Crippen LogP contribution in [0.25, 0.3) is 16.7 Å². The van der Waals surface area contributed by atoms with Crippen LogP contribution in [0.4, 0.5) is 0 Å². The fraction of sp³-hybridized carbons (Fsp3) is 0.267.